The van der Waals surface area contributed by atoms with Crippen LogP contribution >= 0.6 is 0 Å². The third kappa shape index (κ3) is 4.88. The van der Waals surface area contributed by atoms with Crippen molar-refractivity contribution >= 4 is 26.9 Å². The summed E-state index contributed by atoms with van der Waals surface area (Å²) in [5, 5.41) is 0. The van der Waals surface area contributed by atoms with E-state index in [4.69, 9.17) is 9.16 Å². The molecule has 3 rings (SSSR count). The normalized spacial score (nSPS) is 23.0. The molecule has 0 N–H and O–H groups in total. The van der Waals surface area contributed by atoms with Crippen molar-refractivity contribution in [1.29, 1.82) is 0 Å². The Labute approximate surface area is 204 Å². The number of benzene rings is 1. The quantitative estimate of drug-likeness (QED) is 0.321. The summed E-state index contributed by atoms with van der Waals surface area (Å²) in [7, 11) is -1.62. The first-order chi connectivity index (χ1) is 15.9. The summed E-state index contributed by atoms with van der Waals surface area (Å²) in [4.78, 5) is 41.7. The van der Waals surface area contributed by atoms with Gasteiger partial charge in [-0.05, 0) is 49.1 Å². The van der Waals surface area contributed by atoms with Gasteiger partial charge in [0.25, 0.3) is 11.8 Å². The molecular weight excluding hydrogens is 448 g/mol. The summed E-state index contributed by atoms with van der Waals surface area (Å²) < 4.78 is 12.0. The van der Waals surface area contributed by atoms with E-state index < -0.39 is 20.9 Å². The van der Waals surface area contributed by atoms with Gasteiger partial charge < -0.3 is 9.16 Å². The van der Waals surface area contributed by atoms with E-state index >= 15 is 0 Å². The summed E-state index contributed by atoms with van der Waals surface area (Å²) in [6, 6.07) is 6.85. The molecule has 0 aliphatic carbocycles. The van der Waals surface area contributed by atoms with Crippen LogP contribution in [0.1, 0.15) is 54.8 Å². The Bertz CT molecular complexity index is 978. The highest BCUT2D eigenvalue weighted by atomic mass is 28.3. The van der Waals surface area contributed by atoms with E-state index in [1.807, 2.05) is 13.0 Å². The molecule has 8 heteroatoms. The number of ether oxygens (including phenoxy) is 1. The summed E-state index contributed by atoms with van der Waals surface area (Å²) in [5.74, 6) is -0.433. The lowest BCUT2D eigenvalue weighted by Crippen LogP contribution is -2.52. The maximum Gasteiger partial charge on any atom is 0.412 e. The van der Waals surface area contributed by atoms with Gasteiger partial charge in [0.2, 0.25) is 0 Å². The van der Waals surface area contributed by atoms with Crippen LogP contribution in [0.25, 0.3) is 0 Å². The molecule has 0 aromatic heterocycles. The van der Waals surface area contributed by atoms with Gasteiger partial charge in [0.1, 0.15) is 6.61 Å². The Balaban J connectivity index is 1.96. The molecule has 184 valence electrons. The Kier molecular flexibility index (Phi) is 7.52. The predicted molar refractivity (Wildman–Crippen MR) is 134 cm³/mol. The largest absolute Gasteiger partial charge is 0.445 e. The van der Waals surface area contributed by atoms with Gasteiger partial charge in [-0.25, -0.2) is 4.79 Å². The minimum atomic E-state index is -1.62. The van der Waals surface area contributed by atoms with Crippen molar-refractivity contribution in [3.05, 3.63) is 59.7 Å². The summed E-state index contributed by atoms with van der Waals surface area (Å²) in [6.45, 7) is 16.9. The molecule has 0 unspecified atom stereocenters. The van der Waals surface area contributed by atoms with E-state index in [-0.39, 0.29) is 36.3 Å². The molecule has 2 aliphatic heterocycles. The molecular formula is C26H36N2O5Si. The Morgan fingerprint density at radius 2 is 1.79 bits per heavy atom. The average Bonchev–Trinajstić information content (AvgIpc) is 3.27. The molecule has 1 aromatic carbocycles. The van der Waals surface area contributed by atoms with Crippen LogP contribution in [0.4, 0.5) is 4.79 Å². The van der Waals surface area contributed by atoms with Crippen molar-refractivity contribution in [3.8, 4) is 0 Å². The molecule has 0 bridgehead atoms. The molecule has 0 saturated carbocycles. The third-order valence-electron chi connectivity index (χ3n) is 6.64. The standard InChI is InChI=1S/C26H36N2O5Si/c1-8-15-32-24(31)28-17-19(25(3,4)5)16-26(28,33-34(6)7)18(2)13-14-27-22(29)20-11-9-10-12-21(20)23(27)30/h8-13,19,34H,1,14-17H2,2-7H3/b18-13+/t19-,26-/m0/s1. The van der Waals surface area contributed by atoms with Crippen molar-refractivity contribution in [3.63, 3.8) is 0 Å². The first kappa shape index (κ1) is 25.9. The fourth-order valence-corrected chi connectivity index (χ4v) is 5.84. The van der Waals surface area contributed by atoms with Gasteiger partial charge in [-0.15, -0.1) is 0 Å². The lowest BCUT2D eigenvalue weighted by Gasteiger charge is -2.40. The molecule has 34 heavy (non-hydrogen) atoms. The second-order valence-electron chi connectivity index (χ2n) is 10.3. The SMILES string of the molecule is C=CCOC(=O)N1C[C@@H](C(C)(C)C)C[C@]1(O[SiH](C)C)/C(C)=C/CN1C(=O)c2ccccc2C1=O. The molecule has 2 aliphatic rings. The van der Waals surface area contributed by atoms with Gasteiger partial charge >= 0.3 is 6.09 Å². The van der Waals surface area contributed by atoms with E-state index in [1.165, 1.54) is 4.90 Å². The van der Waals surface area contributed by atoms with Gasteiger partial charge in [0.05, 0.1) is 11.1 Å². The van der Waals surface area contributed by atoms with Crippen LogP contribution in [0.3, 0.4) is 0 Å². The van der Waals surface area contributed by atoms with Gasteiger partial charge in [0.15, 0.2) is 14.8 Å². The lowest BCUT2D eigenvalue weighted by molar-refractivity contribution is -0.0224. The van der Waals surface area contributed by atoms with Crippen LogP contribution in [0.5, 0.6) is 0 Å². The third-order valence-corrected chi connectivity index (χ3v) is 7.50. The van der Waals surface area contributed by atoms with Crippen LogP contribution in [0.15, 0.2) is 48.6 Å². The molecule has 3 amide bonds. The van der Waals surface area contributed by atoms with Gasteiger partial charge in [0, 0.05) is 19.5 Å². The van der Waals surface area contributed by atoms with E-state index in [0.29, 0.717) is 24.1 Å². The minimum absolute atomic E-state index is 0.0522. The van der Waals surface area contributed by atoms with Crippen LogP contribution in [0, 0.1) is 11.3 Å². The zero-order valence-corrected chi connectivity index (χ0v) is 22.2. The van der Waals surface area contributed by atoms with E-state index in [1.54, 1.807) is 35.2 Å². The highest BCUT2D eigenvalue weighted by Crippen LogP contribution is 2.47. The molecule has 2 atom stereocenters. The van der Waals surface area contributed by atoms with Crippen LogP contribution < -0.4 is 0 Å². The van der Waals surface area contributed by atoms with Gasteiger partial charge in [-0.3, -0.25) is 19.4 Å². The molecule has 1 fully saturated rings. The highest BCUT2D eigenvalue weighted by Gasteiger charge is 2.53. The number of rotatable bonds is 7. The Hall–Kier alpha value is -2.71. The lowest BCUT2D eigenvalue weighted by atomic mass is 9.78. The topological polar surface area (TPSA) is 76.2 Å². The van der Waals surface area contributed by atoms with Crippen molar-refractivity contribution in [2.45, 2.75) is 52.9 Å². The summed E-state index contributed by atoms with van der Waals surface area (Å²) >= 11 is 0. The number of carbonyl (C=O) groups excluding carboxylic acids is 3. The van der Waals surface area contributed by atoms with Crippen LogP contribution in [-0.2, 0) is 9.16 Å². The maximum atomic E-state index is 13.1. The van der Waals surface area contributed by atoms with Crippen molar-refractivity contribution in [1.82, 2.24) is 9.80 Å². The number of hydrogen-bond acceptors (Lipinski definition) is 5. The summed E-state index contributed by atoms with van der Waals surface area (Å²) in [5.41, 5.74) is 0.607. The minimum Gasteiger partial charge on any atom is -0.445 e. The first-order valence-corrected chi connectivity index (χ1v) is 14.6. The monoisotopic (exact) mass is 484 g/mol. The fourth-order valence-electron chi connectivity index (χ4n) is 4.65. The summed E-state index contributed by atoms with van der Waals surface area (Å²) in [6.07, 6.45) is 3.56. The predicted octanol–water partition coefficient (Wildman–Crippen LogP) is 4.62. The number of hydrogen-bond donors (Lipinski definition) is 0. The average molecular weight is 485 g/mol. The number of imide groups is 1. The Morgan fingerprint density at radius 3 is 2.29 bits per heavy atom. The van der Waals surface area contributed by atoms with Crippen LogP contribution in [-0.4, -0.2) is 62.2 Å². The molecule has 1 aromatic rings. The number of fused-ring (bicyclic) bond motifs is 1. The van der Waals surface area contributed by atoms with E-state index in [2.05, 4.69) is 40.4 Å². The number of nitrogens with zero attached hydrogens (tertiary/aromatic N) is 2. The maximum absolute atomic E-state index is 13.1. The van der Waals surface area contributed by atoms with Crippen molar-refractivity contribution in [2.75, 3.05) is 19.7 Å². The van der Waals surface area contributed by atoms with Gasteiger partial charge in [-0.2, -0.15) is 0 Å². The van der Waals surface area contributed by atoms with Crippen LogP contribution in [0.2, 0.25) is 13.1 Å². The zero-order chi connectivity index (χ0) is 25.3. The molecule has 1 saturated heterocycles. The molecule has 0 spiro atoms. The first-order valence-electron chi connectivity index (χ1n) is 11.8. The fraction of sp³-hybridized carbons (Fsp3) is 0.500. The van der Waals surface area contributed by atoms with Crippen molar-refractivity contribution in [2.24, 2.45) is 11.3 Å². The Morgan fingerprint density at radius 1 is 1.21 bits per heavy atom. The van der Waals surface area contributed by atoms with E-state index in [9.17, 15) is 14.4 Å². The van der Waals surface area contributed by atoms with Crippen molar-refractivity contribution < 1.29 is 23.5 Å². The highest BCUT2D eigenvalue weighted by molar-refractivity contribution is 6.48. The zero-order valence-electron chi connectivity index (χ0n) is 21.1. The molecule has 7 nitrogen and oxygen atoms in total. The smallest absolute Gasteiger partial charge is 0.412 e. The number of likely N-dealkylation sites (tertiary alicyclic amines) is 1. The van der Waals surface area contributed by atoms with Gasteiger partial charge in [-0.1, -0.05) is 51.6 Å². The number of amides is 3. The molecule has 0 radical (unpaired) electrons. The number of carbonyl (C=O) groups is 3. The second kappa shape index (κ2) is 9.88. The van der Waals surface area contributed by atoms with E-state index in [0.717, 1.165) is 5.57 Å². The second-order valence-corrected chi connectivity index (χ2v) is 12.7. The molecule has 2 heterocycles.